The van der Waals surface area contributed by atoms with Crippen LogP contribution in [0.3, 0.4) is 0 Å². The molecule has 0 bridgehead atoms. The minimum atomic E-state index is -3.42. The van der Waals surface area contributed by atoms with E-state index in [0.717, 1.165) is 25.7 Å². The van der Waals surface area contributed by atoms with Gasteiger partial charge >= 0.3 is 0 Å². The summed E-state index contributed by atoms with van der Waals surface area (Å²) in [5.41, 5.74) is 0. The van der Waals surface area contributed by atoms with E-state index in [9.17, 15) is 8.42 Å². The summed E-state index contributed by atoms with van der Waals surface area (Å²) < 4.78 is 28.0. The lowest BCUT2D eigenvalue weighted by atomic mass is 9.95. The van der Waals surface area contributed by atoms with Gasteiger partial charge in [-0.05, 0) is 34.8 Å². The van der Waals surface area contributed by atoms with Gasteiger partial charge < -0.3 is 0 Å². The van der Waals surface area contributed by atoms with Gasteiger partial charge in [-0.15, -0.1) is 11.3 Å². The molecular weight excluding hydrogens is 370 g/mol. The van der Waals surface area contributed by atoms with Gasteiger partial charge in [-0.1, -0.05) is 37.8 Å². The van der Waals surface area contributed by atoms with E-state index in [2.05, 4.69) is 15.9 Å². The third kappa shape index (κ3) is 3.35. The summed E-state index contributed by atoms with van der Waals surface area (Å²) in [6.07, 6.45) is 5.38. The second-order valence-electron chi connectivity index (χ2n) is 4.69. The van der Waals surface area contributed by atoms with Crippen LogP contribution in [-0.2, 0) is 10.0 Å². The molecule has 19 heavy (non-hydrogen) atoms. The van der Waals surface area contributed by atoms with Crippen molar-refractivity contribution in [3.63, 3.8) is 0 Å². The molecule has 108 valence electrons. The highest BCUT2D eigenvalue weighted by Gasteiger charge is 2.32. The van der Waals surface area contributed by atoms with Gasteiger partial charge in [-0.3, -0.25) is 0 Å². The fourth-order valence-electron chi connectivity index (χ4n) is 2.56. The average molecular weight is 387 g/mol. The number of nitrogens with zero attached hydrogens (tertiary/aromatic N) is 1. The molecule has 2 rings (SSSR count). The first-order valence-electron chi connectivity index (χ1n) is 6.43. The Morgan fingerprint density at radius 3 is 2.53 bits per heavy atom. The summed E-state index contributed by atoms with van der Waals surface area (Å²) in [5, 5.41) is 0.461. The zero-order chi connectivity index (χ0) is 14.0. The molecule has 0 saturated heterocycles. The molecule has 1 saturated carbocycles. The van der Waals surface area contributed by atoms with Crippen molar-refractivity contribution in [2.75, 3.05) is 6.54 Å². The summed E-state index contributed by atoms with van der Waals surface area (Å²) in [6.45, 7) is 2.41. The third-order valence-electron chi connectivity index (χ3n) is 3.48. The van der Waals surface area contributed by atoms with Crippen molar-refractivity contribution in [2.24, 2.45) is 0 Å². The maximum Gasteiger partial charge on any atom is 0.252 e. The van der Waals surface area contributed by atoms with E-state index in [1.807, 2.05) is 6.92 Å². The summed E-state index contributed by atoms with van der Waals surface area (Å²) in [5.74, 6) is 0. The lowest BCUT2D eigenvalue weighted by molar-refractivity contribution is 0.262. The van der Waals surface area contributed by atoms with Gasteiger partial charge in [-0.25, -0.2) is 8.42 Å². The van der Waals surface area contributed by atoms with Crippen molar-refractivity contribution < 1.29 is 8.42 Å². The number of thiophene rings is 1. The topological polar surface area (TPSA) is 37.4 Å². The van der Waals surface area contributed by atoms with E-state index < -0.39 is 10.0 Å². The van der Waals surface area contributed by atoms with Gasteiger partial charge in [0.15, 0.2) is 0 Å². The van der Waals surface area contributed by atoms with Crippen molar-refractivity contribution in [3.8, 4) is 0 Å². The summed E-state index contributed by atoms with van der Waals surface area (Å²) in [7, 11) is -3.42. The van der Waals surface area contributed by atoms with Crippen molar-refractivity contribution in [3.05, 3.63) is 14.9 Å². The third-order valence-corrected chi connectivity index (χ3v) is 8.43. The van der Waals surface area contributed by atoms with E-state index in [4.69, 9.17) is 11.6 Å². The van der Waals surface area contributed by atoms with Crippen LogP contribution in [0, 0.1) is 0 Å². The first-order valence-corrected chi connectivity index (χ1v) is 9.86. The molecule has 3 nitrogen and oxygen atoms in total. The summed E-state index contributed by atoms with van der Waals surface area (Å²) in [6, 6.07) is 1.68. The largest absolute Gasteiger partial charge is 0.252 e. The number of sulfonamides is 1. The molecule has 1 aliphatic carbocycles. The van der Waals surface area contributed by atoms with Crippen LogP contribution in [0.15, 0.2) is 14.1 Å². The van der Waals surface area contributed by atoms with Crippen LogP contribution < -0.4 is 0 Å². The first-order chi connectivity index (χ1) is 8.96. The second-order valence-corrected chi connectivity index (χ2v) is 9.58. The molecule has 1 fully saturated rings. The molecule has 1 aromatic rings. The molecule has 0 radical (unpaired) electrons. The van der Waals surface area contributed by atoms with Gasteiger partial charge in [0.05, 0.1) is 8.81 Å². The Morgan fingerprint density at radius 1 is 1.42 bits per heavy atom. The molecule has 0 aliphatic heterocycles. The van der Waals surface area contributed by atoms with Crippen LogP contribution in [0.2, 0.25) is 5.02 Å². The Morgan fingerprint density at radius 2 is 2.05 bits per heavy atom. The van der Waals surface area contributed by atoms with Crippen LogP contribution in [-0.4, -0.2) is 25.3 Å². The number of halogens is 2. The molecule has 1 aliphatic rings. The number of hydrogen-bond donors (Lipinski definition) is 0. The zero-order valence-electron chi connectivity index (χ0n) is 10.7. The average Bonchev–Trinajstić information content (AvgIpc) is 2.72. The SMILES string of the molecule is CCN(C1CCCCC1)S(=O)(=O)c1cc(Cl)c(Br)s1. The van der Waals surface area contributed by atoms with E-state index in [0.29, 0.717) is 19.6 Å². The zero-order valence-corrected chi connectivity index (χ0v) is 14.7. The smallest absolute Gasteiger partial charge is 0.206 e. The maximum atomic E-state index is 12.7. The highest BCUT2D eigenvalue weighted by Crippen LogP contribution is 2.37. The van der Waals surface area contributed by atoms with Gasteiger partial charge in [0.2, 0.25) is 0 Å². The van der Waals surface area contributed by atoms with Crippen LogP contribution in [0.25, 0.3) is 0 Å². The molecule has 7 heteroatoms. The Balaban J connectivity index is 2.29. The monoisotopic (exact) mass is 385 g/mol. The first kappa shape index (κ1) is 15.8. The Bertz CT molecular complexity index is 518. The van der Waals surface area contributed by atoms with Crippen LogP contribution in [0.1, 0.15) is 39.0 Å². The normalized spacial score (nSPS) is 18.1. The molecule has 0 atom stereocenters. The summed E-state index contributed by atoms with van der Waals surface area (Å²) >= 11 is 10.4. The Hall–Kier alpha value is 0.380. The maximum absolute atomic E-state index is 12.7. The van der Waals surface area contributed by atoms with E-state index in [-0.39, 0.29) is 6.04 Å². The van der Waals surface area contributed by atoms with E-state index in [1.54, 1.807) is 4.31 Å². The highest BCUT2D eigenvalue weighted by atomic mass is 79.9. The summed E-state index contributed by atoms with van der Waals surface area (Å²) in [4.78, 5) is 0. The van der Waals surface area contributed by atoms with Crippen LogP contribution in [0.4, 0.5) is 0 Å². The van der Waals surface area contributed by atoms with Gasteiger partial charge in [0.1, 0.15) is 4.21 Å². The fraction of sp³-hybridized carbons (Fsp3) is 0.667. The second kappa shape index (κ2) is 6.43. The minimum Gasteiger partial charge on any atom is -0.206 e. The van der Waals surface area contributed by atoms with E-state index >= 15 is 0 Å². The Kier molecular flexibility index (Phi) is 5.34. The number of hydrogen-bond acceptors (Lipinski definition) is 3. The molecule has 1 heterocycles. The molecule has 0 spiro atoms. The van der Waals surface area contributed by atoms with Gasteiger partial charge in [0.25, 0.3) is 10.0 Å². The molecule has 0 N–H and O–H groups in total. The quantitative estimate of drug-likeness (QED) is 0.763. The van der Waals surface area contributed by atoms with Gasteiger partial charge in [-0.2, -0.15) is 4.31 Å². The molecule has 0 amide bonds. The van der Waals surface area contributed by atoms with Crippen LogP contribution >= 0.6 is 38.9 Å². The molecule has 0 unspecified atom stereocenters. The molecule has 0 aromatic carbocycles. The minimum absolute atomic E-state index is 0.142. The van der Waals surface area contributed by atoms with Crippen molar-refractivity contribution in [2.45, 2.75) is 49.3 Å². The van der Waals surface area contributed by atoms with Crippen molar-refractivity contribution in [1.29, 1.82) is 0 Å². The standard InChI is InChI=1S/C12H17BrClNO2S2/c1-2-15(9-6-4-3-5-7-9)19(16,17)11-8-10(14)12(13)18-11/h8-9H,2-7H2,1H3. The molecular formula is C12H17BrClNO2S2. The lowest BCUT2D eigenvalue weighted by Gasteiger charge is -2.32. The Labute approximate surface area is 132 Å². The lowest BCUT2D eigenvalue weighted by Crippen LogP contribution is -2.40. The highest BCUT2D eigenvalue weighted by molar-refractivity contribution is 9.11. The predicted molar refractivity (Wildman–Crippen MR) is 83.5 cm³/mol. The predicted octanol–water partition coefficient (Wildman–Crippen LogP) is 4.51. The van der Waals surface area contributed by atoms with Crippen molar-refractivity contribution >= 4 is 48.9 Å². The van der Waals surface area contributed by atoms with Gasteiger partial charge in [0, 0.05) is 12.6 Å². The number of rotatable bonds is 4. The van der Waals surface area contributed by atoms with E-state index in [1.165, 1.54) is 23.8 Å². The van der Waals surface area contributed by atoms with Crippen LogP contribution in [0.5, 0.6) is 0 Å². The fourth-order valence-corrected chi connectivity index (χ4v) is 6.79. The molecule has 1 aromatic heterocycles. The van der Waals surface area contributed by atoms with Crippen molar-refractivity contribution in [1.82, 2.24) is 4.31 Å².